The van der Waals surface area contributed by atoms with Gasteiger partial charge in [-0.05, 0) is 36.4 Å². The van der Waals surface area contributed by atoms with Crippen LogP contribution in [0.2, 0.25) is 0 Å². The van der Waals surface area contributed by atoms with E-state index in [1.54, 1.807) is 12.1 Å². The molecule has 0 aliphatic heterocycles. The first-order chi connectivity index (χ1) is 8.16. The van der Waals surface area contributed by atoms with E-state index in [0.29, 0.717) is 5.76 Å². The van der Waals surface area contributed by atoms with Crippen molar-refractivity contribution in [1.82, 2.24) is 0 Å². The van der Waals surface area contributed by atoms with Crippen LogP contribution in [-0.4, -0.2) is 16.9 Å². The minimum atomic E-state index is -1.21. The third kappa shape index (κ3) is 2.52. The summed E-state index contributed by atoms with van der Waals surface area (Å²) in [5.74, 6) is -1.39. The molecule has 0 amide bonds. The summed E-state index contributed by atoms with van der Waals surface area (Å²) in [6, 6.07) is 5.93. The lowest BCUT2D eigenvalue weighted by atomic mass is 10.2. The van der Waals surface area contributed by atoms with Gasteiger partial charge in [0.05, 0.1) is 6.26 Å². The van der Waals surface area contributed by atoms with Gasteiger partial charge in [-0.1, -0.05) is 0 Å². The zero-order chi connectivity index (χ0) is 12.3. The summed E-state index contributed by atoms with van der Waals surface area (Å²) in [5.41, 5.74) is 0. The Hall–Kier alpha value is -2.56. The predicted molar refractivity (Wildman–Crippen MR) is 57.7 cm³/mol. The molecule has 0 atom stereocenters. The molecule has 0 aliphatic carbocycles. The highest BCUT2D eigenvalue weighted by atomic mass is 16.4. The topological polar surface area (TPSA) is 80.6 Å². The van der Waals surface area contributed by atoms with E-state index in [9.17, 15) is 9.59 Å². The van der Waals surface area contributed by atoms with Crippen LogP contribution in [0, 0.1) is 0 Å². The van der Waals surface area contributed by atoms with E-state index in [1.807, 2.05) is 0 Å². The summed E-state index contributed by atoms with van der Waals surface area (Å²) >= 11 is 0. The summed E-state index contributed by atoms with van der Waals surface area (Å²) in [7, 11) is 0. The fourth-order valence-electron chi connectivity index (χ4n) is 1.21. The zero-order valence-electron chi connectivity index (χ0n) is 8.62. The molecule has 0 saturated carbocycles. The Balaban J connectivity index is 2.12. The summed E-state index contributed by atoms with van der Waals surface area (Å²) in [6.45, 7) is 0. The van der Waals surface area contributed by atoms with Crippen LogP contribution in [0.5, 0.6) is 0 Å². The number of furan rings is 2. The Bertz CT molecular complexity index is 559. The molecule has 5 heteroatoms. The number of carbonyl (C=O) groups is 2. The van der Waals surface area contributed by atoms with Gasteiger partial charge >= 0.3 is 5.97 Å². The number of carbonyl (C=O) groups excluding carboxylic acids is 1. The summed E-state index contributed by atoms with van der Waals surface area (Å²) in [5, 5.41) is 8.62. The first kappa shape index (κ1) is 10.9. The number of rotatable bonds is 4. The van der Waals surface area contributed by atoms with E-state index in [-0.39, 0.29) is 11.5 Å². The van der Waals surface area contributed by atoms with Gasteiger partial charge in [-0.3, -0.25) is 4.79 Å². The standard InChI is InChI=1S/C12H8O5/c13-9(4-3-8-2-1-7-16-8)10-5-6-11(17-10)12(14)15/h1-7H,(H,14,15)/b4-3+. The Labute approximate surface area is 96.0 Å². The van der Waals surface area contributed by atoms with Crippen LogP contribution in [0.25, 0.3) is 6.08 Å². The lowest BCUT2D eigenvalue weighted by Crippen LogP contribution is -1.94. The van der Waals surface area contributed by atoms with Gasteiger partial charge in [0.15, 0.2) is 5.76 Å². The van der Waals surface area contributed by atoms with Crippen molar-refractivity contribution in [3.05, 3.63) is 53.9 Å². The molecular formula is C12H8O5. The van der Waals surface area contributed by atoms with Gasteiger partial charge < -0.3 is 13.9 Å². The summed E-state index contributed by atoms with van der Waals surface area (Å²) in [6.07, 6.45) is 4.22. The van der Waals surface area contributed by atoms with Crippen LogP contribution in [0.3, 0.4) is 0 Å². The normalized spacial score (nSPS) is 10.8. The Morgan fingerprint density at radius 3 is 2.53 bits per heavy atom. The van der Waals surface area contributed by atoms with Gasteiger partial charge in [-0.15, -0.1) is 0 Å². The van der Waals surface area contributed by atoms with Crippen LogP contribution in [0.1, 0.15) is 26.9 Å². The lowest BCUT2D eigenvalue weighted by Gasteiger charge is -1.88. The predicted octanol–water partition coefficient (Wildman–Crippen LogP) is 2.47. The van der Waals surface area contributed by atoms with Crippen LogP contribution in [-0.2, 0) is 0 Å². The average Bonchev–Trinajstić information content (AvgIpc) is 2.96. The molecule has 0 unspecified atom stereocenters. The number of allylic oxidation sites excluding steroid dienone is 1. The molecule has 0 aromatic carbocycles. The molecule has 2 rings (SSSR count). The Kier molecular flexibility index (Phi) is 2.91. The van der Waals surface area contributed by atoms with Gasteiger partial charge in [0, 0.05) is 0 Å². The van der Waals surface area contributed by atoms with E-state index in [2.05, 4.69) is 0 Å². The molecule has 1 N–H and O–H groups in total. The van der Waals surface area contributed by atoms with Crippen molar-refractivity contribution in [2.75, 3.05) is 0 Å². The summed E-state index contributed by atoms with van der Waals surface area (Å²) < 4.78 is 9.85. The molecule has 2 aromatic heterocycles. The molecule has 0 aliphatic rings. The first-order valence-corrected chi connectivity index (χ1v) is 4.76. The number of carboxylic acid groups (broad SMARTS) is 1. The third-order valence-electron chi connectivity index (χ3n) is 2.00. The molecule has 2 aromatic rings. The zero-order valence-corrected chi connectivity index (χ0v) is 8.62. The fraction of sp³-hybridized carbons (Fsp3) is 0. The van der Waals surface area contributed by atoms with E-state index in [4.69, 9.17) is 13.9 Å². The van der Waals surface area contributed by atoms with Gasteiger partial charge in [0.1, 0.15) is 5.76 Å². The highest BCUT2D eigenvalue weighted by Crippen LogP contribution is 2.10. The number of hydrogen-bond acceptors (Lipinski definition) is 4. The van der Waals surface area contributed by atoms with Crippen molar-refractivity contribution < 1.29 is 23.5 Å². The summed E-state index contributed by atoms with van der Waals surface area (Å²) in [4.78, 5) is 22.1. The maximum Gasteiger partial charge on any atom is 0.371 e. The van der Waals surface area contributed by atoms with Crippen LogP contribution in [0.4, 0.5) is 0 Å². The van der Waals surface area contributed by atoms with Crippen molar-refractivity contribution in [1.29, 1.82) is 0 Å². The van der Waals surface area contributed by atoms with Crippen LogP contribution >= 0.6 is 0 Å². The smallest absolute Gasteiger partial charge is 0.371 e. The minimum Gasteiger partial charge on any atom is -0.475 e. The molecule has 0 saturated heterocycles. The molecule has 0 bridgehead atoms. The van der Waals surface area contributed by atoms with Crippen LogP contribution in [0.15, 0.2) is 45.4 Å². The lowest BCUT2D eigenvalue weighted by molar-refractivity contribution is 0.0660. The average molecular weight is 232 g/mol. The van der Waals surface area contributed by atoms with Gasteiger partial charge in [-0.25, -0.2) is 4.79 Å². The Morgan fingerprint density at radius 1 is 1.18 bits per heavy atom. The monoisotopic (exact) mass is 232 g/mol. The van der Waals surface area contributed by atoms with Gasteiger partial charge in [0.25, 0.3) is 0 Å². The quantitative estimate of drug-likeness (QED) is 0.646. The van der Waals surface area contributed by atoms with Gasteiger partial charge in [0.2, 0.25) is 11.5 Å². The van der Waals surface area contributed by atoms with Crippen molar-refractivity contribution in [3.63, 3.8) is 0 Å². The Morgan fingerprint density at radius 2 is 1.94 bits per heavy atom. The fourth-order valence-corrected chi connectivity index (χ4v) is 1.21. The van der Waals surface area contributed by atoms with Crippen molar-refractivity contribution >= 4 is 17.8 Å². The number of hydrogen-bond donors (Lipinski definition) is 1. The molecule has 86 valence electrons. The molecular weight excluding hydrogens is 224 g/mol. The number of aromatic carboxylic acids is 1. The SMILES string of the molecule is O=C(O)c1ccc(C(=O)/C=C/c2ccco2)o1. The van der Waals surface area contributed by atoms with E-state index in [0.717, 1.165) is 0 Å². The van der Waals surface area contributed by atoms with Crippen molar-refractivity contribution in [2.45, 2.75) is 0 Å². The van der Waals surface area contributed by atoms with Crippen molar-refractivity contribution in [3.8, 4) is 0 Å². The third-order valence-corrected chi connectivity index (χ3v) is 2.00. The second-order valence-corrected chi connectivity index (χ2v) is 3.18. The maximum atomic E-state index is 11.6. The van der Waals surface area contributed by atoms with Crippen LogP contribution < -0.4 is 0 Å². The first-order valence-electron chi connectivity index (χ1n) is 4.76. The highest BCUT2D eigenvalue weighted by Gasteiger charge is 2.12. The van der Waals surface area contributed by atoms with E-state index >= 15 is 0 Å². The maximum absolute atomic E-state index is 11.6. The molecule has 0 fully saturated rings. The second kappa shape index (κ2) is 4.52. The molecule has 2 heterocycles. The van der Waals surface area contributed by atoms with Gasteiger partial charge in [-0.2, -0.15) is 0 Å². The van der Waals surface area contributed by atoms with E-state index < -0.39 is 11.8 Å². The molecule has 0 radical (unpaired) electrons. The molecule has 17 heavy (non-hydrogen) atoms. The number of carboxylic acids is 1. The largest absolute Gasteiger partial charge is 0.475 e. The molecule has 0 spiro atoms. The minimum absolute atomic E-state index is 0.0230. The number of ketones is 1. The second-order valence-electron chi connectivity index (χ2n) is 3.18. The molecule has 5 nitrogen and oxygen atoms in total. The van der Waals surface area contributed by atoms with E-state index in [1.165, 1.54) is 30.5 Å². The van der Waals surface area contributed by atoms with Crippen molar-refractivity contribution in [2.24, 2.45) is 0 Å². The highest BCUT2D eigenvalue weighted by molar-refractivity contribution is 6.05.